The number of carbonyl (C=O) groups excluding carboxylic acids is 1. The minimum Gasteiger partial charge on any atom is -0.449 e. The summed E-state index contributed by atoms with van der Waals surface area (Å²) in [5, 5.41) is 0. The van der Waals surface area contributed by atoms with Gasteiger partial charge in [0.2, 0.25) is 10.0 Å². The Bertz CT molecular complexity index is 249. The van der Waals surface area contributed by atoms with Gasteiger partial charge < -0.3 is 4.74 Å². The molecule has 0 fully saturated rings. The summed E-state index contributed by atoms with van der Waals surface area (Å²) in [5.41, 5.74) is 1.91. The normalized spacial score (nSPS) is 10.9. The molecule has 6 nitrogen and oxygen atoms in total. The van der Waals surface area contributed by atoms with Crippen LogP contribution < -0.4 is 10.3 Å². The Kier molecular flexibility index (Phi) is 5.40. The number of nitrogens with one attached hydrogen (secondary N) is 2. The Hall–Kier alpha value is -0.820. The third kappa shape index (κ3) is 6.35. The molecule has 7 heteroatoms. The van der Waals surface area contributed by atoms with Gasteiger partial charge in [-0.05, 0) is 13.3 Å². The number of hydrogen-bond donors (Lipinski definition) is 2. The maximum Gasteiger partial charge on any atom is 0.422 e. The van der Waals surface area contributed by atoms with Crippen molar-refractivity contribution in [1.29, 1.82) is 0 Å². The lowest BCUT2D eigenvalue weighted by atomic mass is 10.5. The van der Waals surface area contributed by atoms with Gasteiger partial charge in [0.25, 0.3) is 0 Å². The number of hydrogen-bond acceptors (Lipinski definition) is 4. The summed E-state index contributed by atoms with van der Waals surface area (Å²) >= 11 is 0. The zero-order valence-corrected chi connectivity index (χ0v) is 8.48. The fourth-order valence-electron chi connectivity index (χ4n) is 0.422. The first-order valence-electron chi connectivity index (χ1n) is 3.94. The molecule has 0 heterocycles. The molecule has 0 atom stereocenters. The second-order valence-corrected chi connectivity index (χ2v) is 4.28. The molecular formula is C6H14N2O4S. The highest BCUT2D eigenvalue weighted by molar-refractivity contribution is 7.89. The first kappa shape index (κ1) is 12.2. The van der Waals surface area contributed by atoms with Crippen LogP contribution in [0.1, 0.15) is 20.3 Å². The molecular weight excluding hydrogens is 196 g/mol. The van der Waals surface area contributed by atoms with E-state index in [9.17, 15) is 13.2 Å². The van der Waals surface area contributed by atoms with Crippen molar-refractivity contribution in [2.75, 3.05) is 12.4 Å². The number of rotatable bonds is 5. The Balaban J connectivity index is 3.71. The Labute approximate surface area is 77.7 Å². The molecule has 0 saturated heterocycles. The fourth-order valence-corrected chi connectivity index (χ4v) is 0.806. The van der Waals surface area contributed by atoms with E-state index in [0.717, 1.165) is 0 Å². The summed E-state index contributed by atoms with van der Waals surface area (Å²) in [7, 11) is -3.40. The Morgan fingerprint density at radius 2 is 2.00 bits per heavy atom. The predicted octanol–water partition coefficient (Wildman–Crippen LogP) is -0.0231. The van der Waals surface area contributed by atoms with Gasteiger partial charge in [-0.15, -0.1) is 4.83 Å². The first-order chi connectivity index (χ1) is 6.02. The molecule has 1 amide bonds. The number of amides is 1. The van der Waals surface area contributed by atoms with Crippen LogP contribution in [0.25, 0.3) is 0 Å². The van der Waals surface area contributed by atoms with Crippen LogP contribution >= 0.6 is 0 Å². The predicted molar refractivity (Wildman–Crippen MR) is 47.4 cm³/mol. The highest BCUT2D eigenvalue weighted by Crippen LogP contribution is 1.82. The summed E-state index contributed by atoms with van der Waals surface area (Å²) in [6, 6.07) is 0. The highest BCUT2D eigenvalue weighted by atomic mass is 32.2. The maximum atomic E-state index is 10.8. The van der Waals surface area contributed by atoms with Crippen molar-refractivity contribution in [2.45, 2.75) is 20.3 Å². The van der Waals surface area contributed by atoms with E-state index < -0.39 is 16.1 Å². The van der Waals surface area contributed by atoms with Crippen LogP contribution in [0.4, 0.5) is 4.79 Å². The molecule has 0 rings (SSSR count). The summed E-state index contributed by atoms with van der Waals surface area (Å²) < 4.78 is 26.1. The summed E-state index contributed by atoms with van der Waals surface area (Å²) in [6.45, 7) is 3.56. The van der Waals surface area contributed by atoms with E-state index in [-0.39, 0.29) is 12.4 Å². The lowest BCUT2D eigenvalue weighted by Gasteiger charge is -2.06. The number of carbonyl (C=O) groups is 1. The lowest BCUT2D eigenvalue weighted by molar-refractivity contribution is 0.144. The van der Waals surface area contributed by atoms with E-state index in [2.05, 4.69) is 4.74 Å². The monoisotopic (exact) mass is 210 g/mol. The van der Waals surface area contributed by atoms with Crippen LogP contribution in [0.2, 0.25) is 0 Å². The molecule has 0 unspecified atom stereocenters. The van der Waals surface area contributed by atoms with E-state index >= 15 is 0 Å². The van der Waals surface area contributed by atoms with Gasteiger partial charge in [-0.2, -0.15) is 0 Å². The first-order valence-corrected chi connectivity index (χ1v) is 5.59. The van der Waals surface area contributed by atoms with Gasteiger partial charge >= 0.3 is 6.09 Å². The van der Waals surface area contributed by atoms with Gasteiger partial charge in [-0.1, -0.05) is 6.92 Å². The van der Waals surface area contributed by atoms with Crippen LogP contribution in [0.5, 0.6) is 0 Å². The Morgan fingerprint density at radius 1 is 1.38 bits per heavy atom. The van der Waals surface area contributed by atoms with Crippen LogP contribution in [0.3, 0.4) is 0 Å². The molecule has 0 aliphatic rings. The molecule has 0 aliphatic heterocycles. The molecule has 0 aromatic heterocycles. The zero-order chi connectivity index (χ0) is 10.3. The molecule has 0 bridgehead atoms. The molecule has 0 spiro atoms. The van der Waals surface area contributed by atoms with E-state index in [4.69, 9.17) is 0 Å². The van der Waals surface area contributed by atoms with Gasteiger partial charge in [0.1, 0.15) is 0 Å². The summed E-state index contributed by atoms with van der Waals surface area (Å²) in [6.07, 6.45) is -0.104. The molecule has 0 aliphatic carbocycles. The second kappa shape index (κ2) is 5.76. The molecule has 0 saturated carbocycles. The minimum atomic E-state index is -3.40. The third-order valence-corrected chi connectivity index (χ3v) is 2.30. The standard InChI is InChI=1S/C6H14N2O4S/c1-3-5-12-6(9)7-8-13(10,11)4-2/h8H,3-5H2,1-2H3,(H,7,9). The molecule has 0 aromatic rings. The SMILES string of the molecule is CCCOC(=O)NNS(=O)(=O)CC. The van der Waals surface area contributed by atoms with Crippen molar-refractivity contribution < 1.29 is 17.9 Å². The number of sulfonamides is 1. The second-order valence-electron chi connectivity index (χ2n) is 2.27. The number of ether oxygens (including phenoxy) is 1. The van der Waals surface area contributed by atoms with Gasteiger partial charge in [0.15, 0.2) is 0 Å². The number of hydrazine groups is 1. The van der Waals surface area contributed by atoms with Crippen LogP contribution in [0, 0.1) is 0 Å². The topological polar surface area (TPSA) is 84.5 Å². The van der Waals surface area contributed by atoms with E-state index in [1.165, 1.54) is 6.92 Å². The molecule has 0 aromatic carbocycles. The van der Waals surface area contributed by atoms with Crippen molar-refractivity contribution >= 4 is 16.1 Å². The smallest absolute Gasteiger partial charge is 0.422 e. The molecule has 13 heavy (non-hydrogen) atoms. The van der Waals surface area contributed by atoms with Gasteiger partial charge in [-0.25, -0.2) is 18.6 Å². The van der Waals surface area contributed by atoms with E-state index in [0.29, 0.717) is 6.42 Å². The maximum absolute atomic E-state index is 10.8. The highest BCUT2D eigenvalue weighted by Gasteiger charge is 2.08. The van der Waals surface area contributed by atoms with Crippen LogP contribution in [0.15, 0.2) is 0 Å². The summed E-state index contributed by atoms with van der Waals surface area (Å²) in [4.78, 5) is 12.6. The lowest BCUT2D eigenvalue weighted by Crippen LogP contribution is -2.42. The average molecular weight is 210 g/mol. The van der Waals surface area contributed by atoms with Crippen LogP contribution in [-0.4, -0.2) is 26.9 Å². The van der Waals surface area contributed by atoms with Crippen molar-refractivity contribution in [3.05, 3.63) is 0 Å². The molecule has 2 N–H and O–H groups in total. The quantitative estimate of drug-likeness (QED) is 0.624. The minimum absolute atomic E-state index is 0.0962. The average Bonchev–Trinajstić information content (AvgIpc) is 2.11. The van der Waals surface area contributed by atoms with E-state index in [1.54, 1.807) is 0 Å². The van der Waals surface area contributed by atoms with E-state index in [1.807, 2.05) is 17.2 Å². The summed E-state index contributed by atoms with van der Waals surface area (Å²) in [5.74, 6) is -0.0962. The fraction of sp³-hybridized carbons (Fsp3) is 0.833. The van der Waals surface area contributed by atoms with Crippen molar-refractivity contribution in [2.24, 2.45) is 0 Å². The zero-order valence-electron chi connectivity index (χ0n) is 7.66. The van der Waals surface area contributed by atoms with Crippen LogP contribution in [-0.2, 0) is 14.8 Å². The van der Waals surface area contributed by atoms with Crippen molar-refractivity contribution in [3.63, 3.8) is 0 Å². The molecule has 78 valence electrons. The molecule has 0 radical (unpaired) electrons. The van der Waals surface area contributed by atoms with Gasteiger partial charge in [-0.3, -0.25) is 0 Å². The van der Waals surface area contributed by atoms with Gasteiger partial charge in [0, 0.05) is 0 Å². The van der Waals surface area contributed by atoms with Crippen molar-refractivity contribution in [1.82, 2.24) is 10.3 Å². The van der Waals surface area contributed by atoms with Crippen molar-refractivity contribution in [3.8, 4) is 0 Å². The van der Waals surface area contributed by atoms with Gasteiger partial charge in [0.05, 0.1) is 12.4 Å². The Morgan fingerprint density at radius 3 is 2.46 bits per heavy atom. The largest absolute Gasteiger partial charge is 0.449 e. The third-order valence-electron chi connectivity index (χ3n) is 1.13.